The third-order valence-corrected chi connectivity index (χ3v) is 5.51. The third kappa shape index (κ3) is 8.12. The summed E-state index contributed by atoms with van der Waals surface area (Å²) in [6.07, 6.45) is 2.11. The molecule has 6 nitrogen and oxygen atoms in total. The monoisotopic (exact) mass is 392 g/mol. The quantitative estimate of drug-likeness (QED) is 0.512. The largest absolute Gasteiger partial charge is 0.444 e. The zero-order chi connectivity index (χ0) is 19.7. The van der Waals surface area contributed by atoms with Crippen molar-refractivity contribution in [2.75, 3.05) is 25.9 Å². The molecule has 3 N–H and O–H groups in total. The summed E-state index contributed by atoms with van der Waals surface area (Å²) in [6, 6.07) is 9.65. The lowest BCUT2D eigenvalue weighted by atomic mass is 10.1. The van der Waals surface area contributed by atoms with Crippen molar-refractivity contribution < 1.29 is 9.53 Å². The molecule has 7 heteroatoms. The Bertz CT molecular complexity index is 610. The number of nitrogens with one attached hydrogen (secondary N) is 3. The molecule has 1 aliphatic rings. The fourth-order valence-electron chi connectivity index (χ4n) is 2.82. The molecule has 0 radical (unpaired) electrons. The Balaban J connectivity index is 1.93. The standard InChI is InChI=1S/C20H32N4O2S/c1-20(2,3)26-19(25)24-17(15-9-6-5-7-10-15)14-23-18(21-4)22-13-16-11-8-12-27-16/h5-7,9-10,16-17H,8,11-14H2,1-4H3,(H,24,25)(H2,21,22,23). The molecule has 2 atom stereocenters. The first-order valence-corrected chi connectivity index (χ1v) is 10.5. The maximum Gasteiger partial charge on any atom is 0.408 e. The molecule has 150 valence electrons. The first-order chi connectivity index (χ1) is 12.9. The number of hydrogen-bond donors (Lipinski definition) is 3. The predicted molar refractivity (Wildman–Crippen MR) is 113 cm³/mol. The minimum atomic E-state index is -0.532. The van der Waals surface area contributed by atoms with Crippen LogP contribution in [0.2, 0.25) is 0 Å². The molecule has 0 aromatic heterocycles. The lowest BCUT2D eigenvalue weighted by Crippen LogP contribution is -2.45. The van der Waals surface area contributed by atoms with E-state index in [-0.39, 0.29) is 6.04 Å². The Morgan fingerprint density at radius 1 is 1.30 bits per heavy atom. The van der Waals surface area contributed by atoms with Crippen LogP contribution in [-0.2, 0) is 4.74 Å². The van der Waals surface area contributed by atoms with Gasteiger partial charge in [-0.25, -0.2) is 4.79 Å². The SMILES string of the molecule is CN=C(NCC1CCCS1)NCC(NC(=O)OC(C)(C)C)c1ccccc1. The van der Waals surface area contributed by atoms with E-state index in [9.17, 15) is 4.79 Å². The fourth-order valence-corrected chi connectivity index (χ4v) is 4.02. The van der Waals surface area contributed by atoms with Gasteiger partial charge in [0.1, 0.15) is 5.60 Å². The van der Waals surface area contributed by atoms with Gasteiger partial charge in [0.2, 0.25) is 0 Å². The van der Waals surface area contributed by atoms with E-state index in [4.69, 9.17) is 4.74 Å². The summed E-state index contributed by atoms with van der Waals surface area (Å²) < 4.78 is 5.41. The highest BCUT2D eigenvalue weighted by atomic mass is 32.2. The fraction of sp³-hybridized carbons (Fsp3) is 0.600. The second-order valence-electron chi connectivity index (χ2n) is 7.58. The van der Waals surface area contributed by atoms with E-state index >= 15 is 0 Å². The maximum absolute atomic E-state index is 12.2. The number of rotatable bonds is 6. The van der Waals surface area contributed by atoms with Crippen molar-refractivity contribution in [3.63, 3.8) is 0 Å². The molecule has 0 spiro atoms. The molecule has 0 bridgehead atoms. The number of alkyl carbamates (subject to hydrolysis) is 1. The highest BCUT2D eigenvalue weighted by molar-refractivity contribution is 8.00. The lowest BCUT2D eigenvalue weighted by Gasteiger charge is -2.25. The average Bonchev–Trinajstić information content (AvgIpc) is 3.13. The van der Waals surface area contributed by atoms with Crippen LogP contribution in [0, 0.1) is 0 Å². The smallest absolute Gasteiger partial charge is 0.408 e. The van der Waals surface area contributed by atoms with Gasteiger partial charge in [0.25, 0.3) is 0 Å². The summed E-state index contributed by atoms with van der Waals surface area (Å²) in [5, 5.41) is 10.3. The Labute approximate surface area is 166 Å². The average molecular weight is 393 g/mol. The number of guanidine groups is 1. The summed E-state index contributed by atoms with van der Waals surface area (Å²) in [5.41, 5.74) is 0.479. The topological polar surface area (TPSA) is 74.8 Å². The van der Waals surface area contributed by atoms with Crippen molar-refractivity contribution >= 4 is 23.8 Å². The highest BCUT2D eigenvalue weighted by Gasteiger charge is 2.21. The van der Waals surface area contributed by atoms with Crippen molar-refractivity contribution in [2.45, 2.75) is 50.5 Å². The van der Waals surface area contributed by atoms with Gasteiger partial charge in [0, 0.05) is 25.4 Å². The molecule has 1 aliphatic heterocycles. The van der Waals surface area contributed by atoms with Crippen LogP contribution in [0.15, 0.2) is 35.3 Å². The number of carbonyl (C=O) groups excluding carboxylic acids is 1. The molecule has 1 heterocycles. The number of benzene rings is 1. The van der Waals surface area contributed by atoms with Crippen LogP contribution in [-0.4, -0.2) is 48.8 Å². The second kappa shape index (κ2) is 10.4. The number of aliphatic imine (C=N–C) groups is 1. The van der Waals surface area contributed by atoms with Crippen LogP contribution in [0.5, 0.6) is 0 Å². The van der Waals surface area contributed by atoms with E-state index in [2.05, 4.69) is 20.9 Å². The number of nitrogens with zero attached hydrogens (tertiary/aromatic N) is 1. The molecule has 1 saturated heterocycles. The van der Waals surface area contributed by atoms with Gasteiger partial charge in [-0.15, -0.1) is 0 Å². The number of ether oxygens (including phenoxy) is 1. The van der Waals surface area contributed by atoms with E-state index < -0.39 is 11.7 Å². The summed E-state index contributed by atoms with van der Waals surface area (Å²) >= 11 is 2.01. The lowest BCUT2D eigenvalue weighted by molar-refractivity contribution is 0.0504. The van der Waals surface area contributed by atoms with Crippen molar-refractivity contribution in [1.29, 1.82) is 0 Å². The minimum Gasteiger partial charge on any atom is -0.444 e. The Kier molecular flexibility index (Phi) is 8.28. The molecule has 1 aromatic rings. The molecule has 1 fully saturated rings. The number of hydrogen-bond acceptors (Lipinski definition) is 4. The number of carbonyl (C=O) groups is 1. The number of amides is 1. The summed E-state index contributed by atoms with van der Waals surface area (Å²) in [5.74, 6) is 1.99. The van der Waals surface area contributed by atoms with E-state index in [0.29, 0.717) is 11.8 Å². The van der Waals surface area contributed by atoms with Crippen molar-refractivity contribution in [3.8, 4) is 0 Å². The van der Waals surface area contributed by atoms with Crippen LogP contribution >= 0.6 is 11.8 Å². The van der Waals surface area contributed by atoms with Gasteiger partial charge in [0.05, 0.1) is 6.04 Å². The van der Waals surface area contributed by atoms with Crippen LogP contribution < -0.4 is 16.0 Å². The van der Waals surface area contributed by atoms with Gasteiger partial charge >= 0.3 is 6.09 Å². The molecule has 27 heavy (non-hydrogen) atoms. The Morgan fingerprint density at radius 3 is 2.63 bits per heavy atom. The van der Waals surface area contributed by atoms with Crippen LogP contribution in [0.25, 0.3) is 0 Å². The van der Waals surface area contributed by atoms with E-state index in [1.54, 1.807) is 7.05 Å². The second-order valence-corrected chi connectivity index (χ2v) is 8.99. The van der Waals surface area contributed by atoms with Crippen molar-refractivity contribution in [2.24, 2.45) is 4.99 Å². The zero-order valence-corrected chi connectivity index (χ0v) is 17.6. The van der Waals surface area contributed by atoms with E-state index in [1.807, 2.05) is 62.9 Å². The first kappa shape index (κ1) is 21.4. The van der Waals surface area contributed by atoms with Crippen molar-refractivity contribution in [3.05, 3.63) is 35.9 Å². The molecule has 0 saturated carbocycles. The predicted octanol–water partition coefficient (Wildman–Crippen LogP) is 3.31. The van der Waals surface area contributed by atoms with E-state index in [1.165, 1.54) is 18.6 Å². The van der Waals surface area contributed by atoms with Gasteiger partial charge in [-0.05, 0) is 44.9 Å². The molecular formula is C20H32N4O2S. The van der Waals surface area contributed by atoms with Gasteiger partial charge < -0.3 is 20.7 Å². The van der Waals surface area contributed by atoms with Gasteiger partial charge in [-0.1, -0.05) is 30.3 Å². The highest BCUT2D eigenvalue weighted by Crippen LogP contribution is 2.25. The maximum atomic E-state index is 12.2. The summed E-state index contributed by atoms with van der Waals surface area (Å²) in [6.45, 7) is 6.99. The molecule has 2 unspecified atom stereocenters. The van der Waals surface area contributed by atoms with E-state index in [0.717, 1.165) is 18.1 Å². The Hall–Kier alpha value is -1.89. The summed E-state index contributed by atoms with van der Waals surface area (Å²) in [7, 11) is 1.76. The molecule has 1 aromatic carbocycles. The Morgan fingerprint density at radius 2 is 2.04 bits per heavy atom. The number of thioether (sulfide) groups is 1. The van der Waals surface area contributed by atoms with Crippen LogP contribution in [0.1, 0.15) is 45.2 Å². The third-order valence-electron chi connectivity index (χ3n) is 4.11. The van der Waals surface area contributed by atoms with Crippen LogP contribution in [0.4, 0.5) is 4.79 Å². The normalized spacial score (nSPS) is 18.7. The molecular weight excluding hydrogens is 360 g/mol. The first-order valence-electron chi connectivity index (χ1n) is 9.48. The zero-order valence-electron chi connectivity index (χ0n) is 16.7. The molecule has 0 aliphatic carbocycles. The molecule has 2 rings (SSSR count). The van der Waals surface area contributed by atoms with Gasteiger partial charge in [-0.3, -0.25) is 4.99 Å². The molecule has 1 amide bonds. The summed E-state index contributed by atoms with van der Waals surface area (Å²) in [4.78, 5) is 16.5. The van der Waals surface area contributed by atoms with Crippen molar-refractivity contribution in [1.82, 2.24) is 16.0 Å². The minimum absolute atomic E-state index is 0.222. The van der Waals surface area contributed by atoms with Gasteiger partial charge in [-0.2, -0.15) is 11.8 Å². The van der Waals surface area contributed by atoms with Crippen LogP contribution in [0.3, 0.4) is 0 Å². The van der Waals surface area contributed by atoms with Gasteiger partial charge in [0.15, 0.2) is 5.96 Å².